The Labute approximate surface area is 88.5 Å². The van der Waals surface area contributed by atoms with E-state index < -0.39 is 0 Å². The highest BCUT2D eigenvalue weighted by Gasteiger charge is 2.33. The van der Waals surface area contributed by atoms with Gasteiger partial charge in [-0.05, 0) is 29.5 Å². The molecule has 1 aliphatic rings. The van der Waals surface area contributed by atoms with E-state index in [-0.39, 0.29) is 17.1 Å². The summed E-state index contributed by atoms with van der Waals surface area (Å²) in [5.74, 6) is -0.123. The van der Waals surface area contributed by atoms with Crippen molar-refractivity contribution in [2.24, 2.45) is 5.41 Å². The predicted molar refractivity (Wildman–Crippen MR) is 55.8 cm³/mol. The topological polar surface area (TPSA) is 29.1 Å². The Kier molecular flexibility index (Phi) is 2.47. The van der Waals surface area contributed by atoms with Crippen molar-refractivity contribution < 1.29 is 9.18 Å². The lowest BCUT2D eigenvalue weighted by molar-refractivity contribution is -0.119. The van der Waals surface area contributed by atoms with Gasteiger partial charge in [-0.15, -0.1) is 0 Å². The van der Waals surface area contributed by atoms with E-state index in [1.165, 1.54) is 12.1 Å². The van der Waals surface area contributed by atoms with Crippen molar-refractivity contribution in [3.8, 4) is 0 Å². The van der Waals surface area contributed by atoms with Gasteiger partial charge in [0.15, 0.2) is 0 Å². The molecule has 0 aliphatic carbocycles. The van der Waals surface area contributed by atoms with Crippen LogP contribution in [0.5, 0.6) is 0 Å². The molecular formula is C12H14FNO. The van der Waals surface area contributed by atoms with E-state index in [9.17, 15) is 9.18 Å². The van der Waals surface area contributed by atoms with E-state index in [2.05, 4.69) is 12.2 Å². The van der Waals surface area contributed by atoms with Crippen LogP contribution in [0.4, 0.5) is 4.39 Å². The first kappa shape index (κ1) is 10.1. The summed E-state index contributed by atoms with van der Waals surface area (Å²) in [5.41, 5.74) is 0.888. The minimum atomic E-state index is -0.214. The molecule has 3 heteroatoms. The van der Waals surface area contributed by atoms with Crippen molar-refractivity contribution in [2.45, 2.75) is 19.8 Å². The zero-order valence-electron chi connectivity index (χ0n) is 8.72. The number of carbonyl (C=O) groups is 1. The molecule has 1 heterocycles. The summed E-state index contributed by atoms with van der Waals surface area (Å²) in [5, 5.41) is 2.81. The summed E-state index contributed by atoms with van der Waals surface area (Å²) in [6.07, 6.45) is 1.27. The number of hydrogen-bond donors (Lipinski definition) is 1. The Morgan fingerprint density at radius 3 is 2.93 bits per heavy atom. The Morgan fingerprint density at radius 2 is 2.33 bits per heavy atom. The van der Waals surface area contributed by atoms with Gasteiger partial charge >= 0.3 is 0 Å². The third-order valence-corrected chi connectivity index (χ3v) is 2.82. The zero-order valence-corrected chi connectivity index (χ0v) is 8.72. The molecule has 15 heavy (non-hydrogen) atoms. The normalized spacial score (nSPS) is 25.3. The summed E-state index contributed by atoms with van der Waals surface area (Å²) in [6, 6.07) is 6.58. The second-order valence-corrected chi connectivity index (χ2v) is 4.57. The van der Waals surface area contributed by atoms with Crippen LogP contribution in [0.3, 0.4) is 0 Å². The molecule has 1 saturated heterocycles. The quantitative estimate of drug-likeness (QED) is 0.788. The molecule has 1 aromatic carbocycles. The minimum Gasteiger partial charge on any atom is -0.356 e. The van der Waals surface area contributed by atoms with Gasteiger partial charge in [0, 0.05) is 13.0 Å². The van der Waals surface area contributed by atoms with Crippen LogP contribution >= 0.6 is 0 Å². The molecule has 80 valence electrons. The van der Waals surface area contributed by atoms with Crippen LogP contribution in [0.1, 0.15) is 18.9 Å². The number of nitrogens with one attached hydrogen (secondary N) is 1. The molecular weight excluding hydrogens is 193 g/mol. The second kappa shape index (κ2) is 3.65. The van der Waals surface area contributed by atoms with E-state index >= 15 is 0 Å². The van der Waals surface area contributed by atoms with Crippen molar-refractivity contribution in [3.05, 3.63) is 35.6 Å². The number of amides is 1. The van der Waals surface area contributed by atoms with Crippen LogP contribution in [0.15, 0.2) is 24.3 Å². The fraction of sp³-hybridized carbons (Fsp3) is 0.417. The zero-order chi connectivity index (χ0) is 10.9. The van der Waals surface area contributed by atoms with E-state index in [1.807, 2.05) is 6.07 Å². The number of carbonyl (C=O) groups excluding carboxylic acids is 1. The van der Waals surface area contributed by atoms with Crippen molar-refractivity contribution >= 4 is 5.91 Å². The molecule has 1 N–H and O–H groups in total. The van der Waals surface area contributed by atoms with Gasteiger partial charge in [0.25, 0.3) is 0 Å². The van der Waals surface area contributed by atoms with Crippen LogP contribution in [0, 0.1) is 11.2 Å². The van der Waals surface area contributed by atoms with Crippen molar-refractivity contribution in [2.75, 3.05) is 6.54 Å². The average molecular weight is 207 g/mol. The molecule has 1 unspecified atom stereocenters. The van der Waals surface area contributed by atoms with Gasteiger partial charge in [-0.2, -0.15) is 0 Å². The van der Waals surface area contributed by atoms with Crippen LogP contribution < -0.4 is 5.32 Å². The van der Waals surface area contributed by atoms with Crippen molar-refractivity contribution in [1.82, 2.24) is 5.32 Å². The van der Waals surface area contributed by atoms with Crippen LogP contribution in [0.25, 0.3) is 0 Å². The molecule has 1 aromatic rings. The number of benzene rings is 1. The monoisotopic (exact) mass is 207 g/mol. The summed E-state index contributed by atoms with van der Waals surface area (Å²) < 4.78 is 13.0. The first-order valence-corrected chi connectivity index (χ1v) is 5.09. The lowest BCUT2D eigenvalue weighted by Gasteiger charge is -2.21. The number of halogens is 1. The first-order chi connectivity index (χ1) is 7.07. The first-order valence-electron chi connectivity index (χ1n) is 5.09. The fourth-order valence-electron chi connectivity index (χ4n) is 2.09. The lowest BCUT2D eigenvalue weighted by Crippen LogP contribution is -2.22. The van der Waals surface area contributed by atoms with E-state index in [1.54, 1.807) is 6.07 Å². The highest BCUT2D eigenvalue weighted by Crippen LogP contribution is 2.29. The summed E-state index contributed by atoms with van der Waals surface area (Å²) >= 11 is 0. The Bertz CT molecular complexity index is 391. The molecule has 1 atom stereocenters. The van der Waals surface area contributed by atoms with Gasteiger partial charge < -0.3 is 5.32 Å². The maximum Gasteiger partial charge on any atom is 0.220 e. The second-order valence-electron chi connectivity index (χ2n) is 4.57. The van der Waals surface area contributed by atoms with Crippen molar-refractivity contribution in [1.29, 1.82) is 0 Å². The Morgan fingerprint density at radius 1 is 1.53 bits per heavy atom. The molecule has 0 saturated carbocycles. The van der Waals surface area contributed by atoms with E-state index in [4.69, 9.17) is 0 Å². The van der Waals surface area contributed by atoms with E-state index in [0.717, 1.165) is 12.0 Å². The predicted octanol–water partition coefficient (Wildman–Crippen LogP) is 1.89. The standard InChI is InChI=1S/C12H14FNO/c1-12(7-11(15)14-8-12)6-9-3-2-4-10(13)5-9/h2-5H,6-8H2,1H3,(H,14,15). The number of hydrogen-bond acceptors (Lipinski definition) is 1. The van der Waals surface area contributed by atoms with Crippen LogP contribution in [-0.4, -0.2) is 12.5 Å². The minimum absolute atomic E-state index is 0.0646. The Balaban J connectivity index is 2.11. The molecule has 1 fully saturated rings. The van der Waals surface area contributed by atoms with Gasteiger partial charge in [0.2, 0.25) is 5.91 Å². The molecule has 1 amide bonds. The molecule has 0 bridgehead atoms. The molecule has 2 nitrogen and oxygen atoms in total. The third kappa shape index (κ3) is 2.35. The highest BCUT2D eigenvalue weighted by atomic mass is 19.1. The highest BCUT2D eigenvalue weighted by molar-refractivity contribution is 5.79. The van der Waals surface area contributed by atoms with Gasteiger partial charge in [-0.3, -0.25) is 4.79 Å². The van der Waals surface area contributed by atoms with E-state index in [0.29, 0.717) is 13.0 Å². The summed E-state index contributed by atoms with van der Waals surface area (Å²) in [6.45, 7) is 2.73. The average Bonchev–Trinajstić information content (AvgIpc) is 2.45. The van der Waals surface area contributed by atoms with Crippen LogP contribution in [-0.2, 0) is 11.2 Å². The maximum absolute atomic E-state index is 13.0. The lowest BCUT2D eigenvalue weighted by atomic mass is 9.83. The Hall–Kier alpha value is -1.38. The third-order valence-electron chi connectivity index (χ3n) is 2.82. The number of rotatable bonds is 2. The molecule has 1 aliphatic heterocycles. The van der Waals surface area contributed by atoms with Gasteiger partial charge in [0.05, 0.1) is 0 Å². The largest absolute Gasteiger partial charge is 0.356 e. The maximum atomic E-state index is 13.0. The molecule has 0 radical (unpaired) electrons. The molecule has 0 spiro atoms. The van der Waals surface area contributed by atoms with Gasteiger partial charge in [0.1, 0.15) is 5.82 Å². The van der Waals surface area contributed by atoms with Crippen molar-refractivity contribution in [3.63, 3.8) is 0 Å². The fourth-order valence-corrected chi connectivity index (χ4v) is 2.09. The molecule has 0 aromatic heterocycles. The van der Waals surface area contributed by atoms with Gasteiger partial charge in [-0.25, -0.2) is 4.39 Å². The summed E-state index contributed by atoms with van der Waals surface area (Å²) in [4.78, 5) is 11.1. The SMILES string of the molecule is CC1(Cc2cccc(F)c2)CNC(=O)C1. The molecule has 2 rings (SSSR count). The summed E-state index contributed by atoms with van der Waals surface area (Å²) in [7, 11) is 0. The smallest absolute Gasteiger partial charge is 0.220 e. The van der Waals surface area contributed by atoms with Gasteiger partial charge in [-0.1, -0.05) is 19.1 Å². The van der Waals surface area contributed by atoms with Crippen LogP contribution in [0.2, 0.25) is 0 Å².